The molecule has 0 radical (unpaired) electrons. The van der Waals surface area contributed by atoms with E-state index in [4.69, 9.17) is 18.9 Å². The number of ketones is 2. The molecule has 6 bridgehead atoms. The van der Waals surface area contributed by atoms with E-state index in [1.165, 1.54) is 67.4 Å². The fourth-order valence-corrected chi connectivity index (χ4v) is 5.55. The van der Waals surface area contributed by atoms with Crippen molar-refractivity contribution in [1.29, 1.82) is 0 Å². The van der Waals surface area contributed by atoms with Gasteiger partial charge in [-0.3, -0.25) is 24.0 Å². The Balaban J connectivity index is 2.11. The van der Waals surface area contributed by atoms with E-state index in [1.54, 1.807) is 0 Å². The first kappa shape index (κ1) is 33.8. The van der Waals surface area contributed by atoms with Crippen LogP contribution in [-0.4, -0.2) is 82.3 Å². The smallest absolute Gasteiger partial charge is 0.262 e. The molecule has 0 N–H and O–H groups in total. The van der Waals surface area contributed by atoms with E-state index in [1.807, 2.05) is 20.8 Å². The van der Waals surface area contributed by atoms with E-state index >= 15 is 0 Å². The van der Waals surface area contributed by atoms with Gasteiger partial charge in [0.25, 0.3) is 17.7 Å². The Bertz CT molecular complexity index is 1640. The number of ether oxygens (including phenoxy) is 4. The van der Waals surface area contributed by atoms with Gasteiger partial charge in [0, 0.05) is 43.9 Å². The molecule has 0 spiro atoms. The second-order valence-corrected chi connectivity index (χ2v) is 10.6. The highest BCUT2D eigenvalue weighted by Crippen LogP contribution is 2.41. The van der Waals surface area contributed by atoms with Crippen LogP contribution in [0.15, 0.2) is 47.7 Å². The minimum atomic E-state index is -0.738. The topological polar surface area (TPSA) is 132 Å². The van der Waals surface area contributed by atoms with Gasteiger partial charge in [0.05, 0.1) is 62.2 Å². The average molecular weight is 634 g/mol. The van der Waals surface area contributed by atoms with Gasteiger partial charge in [0.1, 0.15) is 23.0 Å². The van der Waals surface area contributed by atoms with Crippen LogP contribution in [0, 0.1) is 0 Å². The molecule has 12 heteroatoms. The van der Waals surface area contributed by atoms with Gasteiger partial charge >= 0.3 is 0 Å². The fraction of sp³-hybridized carbons (Fsp3) is 0.382. The van der Waals surface area contributed by atoms with Crippen molar-refractivity contribution >= 4 is 40.7 Å². The molecule has 0 aromatic heterocycles. The zero-order valence-corrected chi connectivity index (χ0v) is 27.2. The number of methoxy groups -OCH3 is 4. The third-order valence-corrected chi connectivity index (χ3v) is 7.70. The van der Waals surface area contributed by atoms with E-state index in [0.717, 1.165) is 12.2 Å². The maximum atomic E-state index is 14.3. The summed E-state index contributed by atoms with van der Waals surface area (Å²) in [5.41, 5.74) is 0.209. The predicted molar refractivity (Wildman–Crippen MR) is 171 cm³/mol. The van der Waals surface area contributed by atoms with Gasteiger partial charge in [0.15, 0.2) is 5.78 Å². The molecule has 0 unspecified atom stereocenters. The lowest BCUT2D eigenvalue weighted by molar-refractivity contribution is -0.121. The summed E-state index contributed by atoms with van der Waals surface area (Å²) < 4.78 is 22.7. The monoisotopic (exact) mass is 633 g/mol. The highest BCUT2D eigenvalue weighted by molar-refractivity contribution is 6.34. The summed E-state index contributed by atoms with van der Waals surface area (Å²) in [5.74, 6) is -2.59. The number of hydrogen-bond donors (Lipinski definition) is 0. The summed E-state index contributed by atoms with van der Waals surface area (Å²) in [7, 11) is 5.60. The lowest BCUT2D eigenvalue weighted by Crippen LogP contribution is -2.40. The predicted octanol–water partition coefficient (Wildman–Crippen LogP) is 4.35. The van der Waals surface area contributed by atoms with Gasteiger partial charge in [0.2, 0.25) is 5.78 Å². The Labute approximate surface area is 268 Å². The third kappa shape index (κ3) is 6.07. The summed E-state index contributed by atoms with van der Waals surface area (Å²) in [4.78, 5) is 73.5. The first-order chi connectivity index (χ1) is 22.1. The number of rotatable bonds is 10. The van der Waals surface area contributed by atoms with E-state index in [0.29, 0.717) is 24.9 Å². The molecule has 2 aromatic carbocycles. The summed E-state index contributed by atoms with van der Waals surface area (Å²) in [5, 5.41) is 0. The van der Waals surface area contributed by atoms with Crippen LogP contribution < -0.4 is 28.7 Å². The molecule has 46 heavy (non-hydrogen) atoms. The van der Waals surface area contributed by atoms with E-state index < -0.39 is 29.3 Å². The lowest BCUT2D eigenvalue weighted by atomic mass is 9.97. The number of allylic oxidation sites excluding steroid dienone is 2. The van der Waals surface area contributed by atoms with Crippen LogP contribution in [0.5, 0.6) is 23.0 Å². The first-order valence-electron chi connectivity index (χ1n) is 15.1. The number of carbonyl (C=O) groups excluding carboxylic acids is 5. The molecule has 12 nitrogen and oxygen atoms in total. The lowest BCUT2D eigenvalue weighted by Gasteiger charge is -2.30. The molecule has 0 atom stereocenters. The Morgan fingerprint density at radius 2 is 0.913 bits per heavy atom. The minimum absolute atomic E-state index is 0.0475. The molecule has 0 saturated carbocycles. The average Bonchev–Trinajstić information content (AvgIpc) is 3.07. The number of carbonyl (C=O) groups is 5. The molecule has 3 amide bonds. The Hall–Kier alpha value is -5.13. The molecular formula is C34H39N3O9. The molecule has 244 valence electrons. The zero-order chi connectivity index (χ0) is 33.7. The summed E-state index contributed by atoms with van der Waals surface area (Å²) in [6.07, 6.45) is 3.51. The van der Waals surface area contributed by atoms with Crippen molar-refractivity contribution < 1.29 is 42.9 Å². The zero-order valence-electron chi connectivity index (χ0n) is 27.2. The summed E-state index contributed by atoms with van der Waals surface area (Å²) in [6.45, 7) is 6.10. The number of hydrogen-bond acceptors (Lipinski definition) is 9. The van der Waals surface area contributed by atoms with Crippen molar-refractivity contribution in [3.63, 3.8) is 0 Å². The molecule has 1 aliphatic carbocycles. The fourth-order valence-electron chi connectivity index (χ4n) is 5.55. The highest BCUT2D eigenvalue weighted by Gasteiger charge is 2.36. The molecule has 0 fully saturated rings. The van der Waals surface area contributed by atoms with Crippen molar-refractivity contribution in [3.8, 4) is 23.0 Å². The maximum absolute atomic E-state index is 14.3. The van der Waals surface area contributed by atoms with Crippen LogP contribution in [0.4, 0.5) is 11.4 Å². The Morgan fingerprint density at radius 1 is 0.500 bits per heavy atom. The SMILES string of the molecule is CCCN1C(=O)c2cc(OC)c(cc2OC)N(CCC)C(=O)c2cc(OC)c(cc2OC)N(CCC)C(=O)C2=CC(=O)C1=CC2=O. The van der Waals surface area contributed by atoms with E-state index in [-0.39, 0.29) is 70.7 Å². The number of amides is 3. The second-order valence-electron chi connectivity index (χ2n) is 10.6. The van der Waals surface area contributed by atoms with Crippen molar-refractivity contribution in [2.24, 2.45) is 0 Å². The Kier molecular flexibility index (Phi) is 10.5. The van der Waals surface area contributed by atoms with Gasteiger partial charge in [-0.15, -0.1) is 0 Å². The minimum Gasteiger partial charge on any atom is -0.496 e. The molecule has 7 rings (SSSR count). The van der Waals surface area contributed by atoms with E-state index in [9.17, 15) is 24.0 Å². The van der Waals surface area contributed by atoms with Gasteiger partial charge in [-0.25, -0.2) is 0 Å². The van der Waals surface area contributed by atoms with Crippen molar-refractivity contribution in [2.75, 3.05) is 57.9 Å². The van der Waals surface area contributed by atoms with Gasteiger partial charge in [-0.2, -0.15) is 0 Å². The van der Waals surface area contributed by atoms with Crippen LogP contribution >= 0.6 is 0 Å². The molecule has 4 aliphatic heterocycles. The normalized spacial score (nSPS) is 15.3. The number of anilines is 2. The molecule has 4 heterocycles. The molecular weight excluding hydrogens is 594 g/mol. The molecule has 2 aromatic rings. The molecule has 0 saturated heterocycles. The van der Waals surface area contributed by atoms with Gasteiger partial charge < -0.3 is 33.6 Å². The summed E-state index contributed by atoms with van der Waals surface area (Å²) >= 11 is 0. The molecule has 5 aliphatic rings. The van der Waals surface area contributed by atoms with Crippen LogP contribution in [-0.2, 0) is 14.4 Å². The van der Waals surface area contributed by atoms with Crippen molar-refractivity contribution in [1.82, 2.24) is 4.90 Å². The Morgan fingerprint density at radius 3 is 1.35 bits per heavy atom. The standard InChI is InChI=1S/C34H39N3O9/c1-8-11-35-23-17-26(38)20(14-27(23)39)32(40)36(12-9-2)24-18-29(44-5)22(16-30(24)45-6)34(42)37(13-10-3)25-19-28(43-4)21(33(35)41)15-31(25)46-7/h14-19H,8-13H2,1-7H3. The number of fused-ring (bicyclic) bond motifs is 3. The van der Waals surface area contributed by atoms with Crippen molar-refractivity contribution in [3.05, 3.63) is 58.8 Å². The van der Waals surface area contributed by atoms with Gasteiger partial charge in [-0.1, -0.05) is 20.8 Å². The highest BCUT2D eigenvalue weighted by atomic mass is 16.5. The third-order valence-electron chi connectivity index (χ3n) is 7.70. The van der Waals surface area contributed by atoms with Crippen LogP contribution in [0.2, 0.25) is 0 Å². The van der Waals surface area contributed by atoms with Crippen LogP contribution in [0.25, 0.3) is 0 Å². The van der Waals surface area contributed by atoms with Crippen LogP contribution in [0.3, 0.4) is 0 Å². The number of nitrogens with zero attached hydrogens (tertiary/aromatic N) is 3. The number of benzene rings is 2. The summed E-state index contributed by atoms with van der Waals surface area (Å²) in [6, 6.07) is 5.96. The quantitative estimate of drug-likeness (QED) is 0.277. The first-order valence-corrected chi connectivity index (χ1v) is 15.1. The van der Waals surface area contributed by atoms with E-state index in [2.05, 4.69) is 0 Å². The van der Waals surface area contributed by atoms with Crippen LogP contribution in [0.1, 0.15) is 60.7 Å². The van der Waals surface area contributed by atoms with Crippen molar-refractivity contribution in [2.45, 2.75) is 40.0 Å². The van der Waals surface area contributed by atoms with Gasteiger partial charge in [-0.05, 0) is 31.4 Å². The maximum Gasteiger partial charge on any atom is 0.262 e. The second kappa shape index (κ2) is 14.3. The largest absolute Gasteiger partial charge is 0.496 e.